The summed E-state index contributed by atoms with van der Waals surface area (Å²) in [5.74, 6) is -0.866. The van der Waals surface area contributed by atoms with Crippen LogP contribution in [0.15, 0.2) is 35.6 Å². The normalized spacial score (nSPS) is 15.8. The van der Waals surface area contributed by atoms with Crippen molar-refractivity contribution < 1.29 is 31.9 Å². The van der Waals surface area contributed by atoms with Crippen molar-refractivity contribution in [3.05, 3.63) is 41.7 Å². The molecule has 1 saturated carbocycles. The molecular formula is C22H22F5N5O2. The highest BCUT2D eigenvalue weighted by Gasteiger charge is 2.63. The van der Waals surface area contributed by atoms with Crippen LogP contribution in [0.4, 0.5) is 27.6 Å². The standard InChI is InChI=1S/C22H22F5N5O2/c1-2-15(30-13-8-29-32(9-13)10-17(23)24)18-14-7-12(3-4-16(14)31-20(18)34)19(33)28-11-21(5-6-21)22(25,26)27/h3-4,7-9,17,31,34H,2,5-6,10-11H2,1H3,(H,28,33). The first kappa shape index (κ1) is 23.7. The fraction of sp³-hybridized carbons (Fsp3) is 0.409. The van der Waals surface area contributed by atoms with Crippen molar-refractivity contribution in [3.63, 3.8) is 0 Å². The fourth-order valence-electron chi connectivity index (χ4n) is 3.79. The van der Waals surface area contributed by atoms with Crippen LogP contribution in [0.5, 0.6) is 5.88 Å². The Hall–Kier alpha value is -3.44. The quantitative estimate of drug-likeness (QED) is 0.313. The maximum atomic E-state index is 13.1. The third-order valence-corrected chi connectivity index (χ3v) is 5.92. The van der Waals surface area contributed by atoms with Gasteiger partial charge in [0.2, 0.25) is 0 Å². The number of carbonyl (C=O) groups is 1. The van der Waals surface area contributed by atoms with Crippen LogP contribution >= 0.6 is 0 Å². The molecule has 0 aliphatic heterocycles. The summed E-state index contributed by atoms with van der Waals surface area (Å²) in [6.07, 6.45) is -3.97. The summed E-state index contributed by atoms with van der Waals surface area (Å²) in [5.41, 5.74) is -0.212. The number of hydrogen-bond donors (Lipinski definition) is 3. The third kappa shape index (κ3) is 4.62. The first-order valence-corrected chi connectivity index (χ1v) is 10.6. The Kier molecular flexibility index (Phi) is 6.09. The number of H-pyrrole nitrogens is 1. The predicted octanol–water partition coefficient (Wildman–Crippen LogP) is 4.94. The zero-order valence-corrected chi connectivity index (χ0v) is 18.1. The van der Waals surface area contributed by atoms with E-state index in [1.54, 1.807) is 6.92 Å². The van der Waals surface area contributed by atoms with Crippen molar-refractivity contribution in [3.8, 4) is 5.88 Å². The molecule has 34 heavy (non-hydrogen) atoms. The maximum absolute atomic E-state index is 13.1. The average molecular weight is 483 g/mol. The lowest BCUT2D eigenvalue weighted by Gasteiger charge is -2.19. The van der Waals surface area contributed by atoms with Crippen LogP contribution in [0.25, 0.3) is 10.9 Å². The number of aromatic nitrogens is 3. The van der Waals surface area contributed by atoms with E-state index in [-0.39, 0.29) is 24.3 Å². The van der Waals surface area contributed by atoms with E-state index in [9.17, 15) is 31.9 Å². The van der Waals surface area contributed by atoms with Crippen LogP contribution in [0.1, 0.15) is 42.1 Å². The summed E-state index contributed by atoms with van der Waals surface area (Å²) < 4.78 is 65.6. The number of hydrogen-bond acceptors (Lipinski definition) is 4. The van der Waals surface area contributed by atoms with Gasteiger partial charge in [0.05, 0.1) is 29.1 Å². The highest BCUT2D eigenvalue weighted by atomic mass is 19.4. The number of nitrogens with zero attached hydrogens (tertiary/aromatic N) is 3. The number of benzene rings is 1. The second-order valence-electron chi connectivity index (χ2n) is 8.29. The van der Waals surface area contributed by atoms with Crippen LogP contribution in [0.3, 0.4) is 0 Å². The first-order chi connectivity index (χ1) is 16.0. The van der Waals surface area contributed by atoms with Crippen molar-refractivity contribution in [2.75, 3.05) is 6.54 Å². The van der Waals surface area contributed by atoms with Crippen molar-refractivity contribution in [2.24, 2.45) is 10.4 Å². The van der Waals surface area contributed by atoms with E-state index in [0.717, 1.165) is 4.68 Å². The topological polar surface area (TPSA) is 95.3 Å². The molecule has 12 heteroatoms. The highest BCUT2D eigenvalue weighted by molar-refractivity contribution is 6.14. The number of aliphatic imine (C=N–C) groups is 1. The second kappa shape index (κ2) is 8.73. The summed E-state index contributed by atoms with van der Waals surface area (Å²) in [4.78, 5) is 19.8. The van der Waals surface area contributed by atoms with E-state index < -0.39 is 37.0 Å². The molecule has 2 heterocycles. The number of aromatic hydroxyl groups is 1. The lowest BCUT2D eigenvalue weighted by molar-refractivity contribution is -0.184. The van der Waals surface area contributed by atoms with Gasteiger partial charge in [0.1, 0.15) is 12.2 Å². The van der Waals surface area contributed by atoms with Gasteiger partial charge in [0.25, 0.3) is 12.3 Å². The number of fused-ring (bicyclic) bond motifs is 1. The van der Waals surface area contributed by atoms with Crippen molar-refractivity contribution in [1.82, 2.24) is 20.1 Å². The van der Waals surface area contributed by atoms with Crippen LogP contribution in [-0.2, 0) is 6.54 Å². The molecule has 0 unspecified atom stereocenters. The molecule has 182 valence electrons. The van der Waals surface area contributed by atoms with Gasteiger partial charge in [0, 0.05) is 23.0 Å². The summed E-state index contributed by atoms with van der Waals surface area (Å²) in [6.45, 7) is 0.704. The summed E-state index contributed by atoms with van der Waals surface area (Å²) in [5, 5.41) is 17.1. The lowest BCUT2D eigenvalue weighted by Crippen LogP contribution is -2.38. The SMILES string of the molecule is CCC(=Nc1cnn(CC(F)F)c1)c1c(O)[nH]c2ccc(C(=O)NCC3(C(F)(F)F)CC3)cc12. The number of halogens is 5. The van der Waals surface area contributed by atoms with E-state index in [1.165, 1.54) is 30.6 Å². The number of aromatic amines is 1. The molecule has 1 aliphatic rings. The minimum Gasteiger partial charge on any atom is -0.494 e. The minimum absolute atomic E-state index is 0.0180. The molecule has 3 aromatic rings. The first-order valence-electron chi connectivity index (χ1n) is 10.6. The molecule has 0 spiro atoms. The van der Waals surface area contributed by atoms with Gasteiger partial charge < -0.3 is 15.4 Å². The Morgan fingerprint density at radius 2 is 2.09 bits per heavy atom. The van der Waals surface area contributed by atoms with E-state index >= 15 is 0 Å². The Morgan fingerprint density at radius 1 is 1.35 bits per heavy atom. The largest absolute Gasteiger partial charge is 0.494 e. The van der Waals surface area contributed by atoms with Gasteiger partial charge in [-0.05, 0) is 37.5 Å². The number of amides is 1. The van der Waals surface area contributed by atoms with Gasteiger partial charge in [-0.1, -0.05) is 6.92 Å². The molecule has 3 N–H and O–H groups in total. The van der Waals surface area contributed by atoms with Crippen molar-refractivity contribution in [1.29, 1.82) is 0 Å². The smallest absolute Gasteiger partial charge is 0.396 e. The summed E-state index contributed by atoms with van der Waals surface area (Å²) in [7, 11) is 0. The molecule has 4 rings (SSSR count). The molecular weight excluding hydrogens is 461 g/mol. The van der Waals surface area contributed by atoms with Gasteiger partial charge in [-0.3, -0.25) is 9.48 Å². The zero-order chi connectivity index (χ0) is 24.7. The van der Waals surface area contributed by atoms with Crippen molar-refractivity contribution >= 4 is 28.2 Å². The average Bonchev–Trinajstić information content (AvgIpc) is 3.35. The molecule has 7 nitrogen and oxygen atoms in total. The molecule has 1 fully saturated rings. The van der Waals surface area contributed by atoms with E-state index in [0.29, 0.717) is 34.3 Å². The van der Waals surface area contributed by atoms with E-state index in [4.69, 9.17) is 0 Å². The molecule has 2 aromatic heterocycles. The molecule has 1 aliphatic carbocycles. The number of rotatable bonds is 8. The molecule has 1 aromatic carbocycles. The minimum atomic E-state index is -4.38. The van der Waals surface area contributed by atoms with Crippen LogP contribution in [-0.4, -0.2) is 50.6 Å². The maximum Gasteiger partial charge on any atom is 0.396 e. The molecule has 1 amide bonds. The van der Waals surface area contributed by atoms with Crippen LogP contribution < -0.4 is 5.32 Å². The highest BCUT2D eigenvalue weighted by Crippen LogP contribution is 2.57. The van der Waals surface area contributed by atoms with Gasteiger partial charge in [-0.2, -0.15) is 18.3 Å². The fourth-order valence-corrected chi connectivity index (χ4v) is 3.79. The zero-order valence-electron chi connectivity index (χ0n) is 18.1. The van der Waals surface area contributed by atoms with Gasteiger partial charge in [-0.25, -0.2) is 13.8 Å². The monoisotopic (exact) mass is 483 g/mol. The predicted molar refractivity (Wildman–Crippen MR) is 115 cm³/mol. The van der Waals surface area contributed by atoms with Crippen LogP contribution in [0, 0.1) is 5.41 Å². The van der Waals surface area contributed by atoms with Gasteiger partial charge in [0.15, 0.2) is 5.88 Å². The summed E-state index contributed by atoms with van der Waals surface area (Å²) >= 11 is 0. The van der Waals surface area contributed by atoms with Gasteiger partial charge >= 0.3 is 6.18 Å². The molecule has 0 radical (unpaired) electrons. The summed E-state index contributed by atoms with van der Waals surface area (Å²) in [6, 6.07) is 4.45. The van der Waals surface area contributed by atoms with Crippen LogP contribution in [0.2, 0.25) is 0 Å². The van der Waals surface area contributed by atoms with Gasteiger partial charge in [-0.15, -0.1) is 0 Å². The Labute approximate surface area is 190 Å². The van der Waals surface area contributed by atoms with E-state index in [1.807, 2.05) is 0 Å². The molecule has 0 atom stereocenters. The third-order valence-electron chi connectivity index (χ3n) is 5.92. The Morgan fingerprint density at radius 3 is 2.71 bits per heavy atom. The Balaban J connectivity index is 1.61. The Bertz CT molecular complexity index is 1240. The second-order valence-corrected chi connectivity index (χ2v) is 8.29. The lowest BCUT2D eigenvalue weighted by atomic mass is 10.0. The molecule has 0 saturated heterocycles. The van der Waals surface area contributed by atoms with Crippen molar-refractivity contribution in [2.45, 2.75) is 45.3 Å². The number of alkyl halides is 5. The number of carbonyl (C=O) groups excluding carboxylic acids is 1. The number of nitrogens with one attached hydrogen (secondary N) is 2. The van der Waals surface area contributed by atoms with E-state index in [2.05, 4.69) is 20.4 Å². The molecule has 0 bridgehead atoms.